The SMILES string of the molecule is CNCn1cc(Oc2ccccc2Br)cn1. The van der Waals surface area contributed by atoms with Crippen molar-refractivity contribution < 1.29 is 4.74 Å². The number of nitrogens with one attached hydrogen (secondary N) is 1. The van der Waals surface area contributed by atoms with E-state index in [1.807, 2.05) is 37.5 Å². The molecular formula is C11H12BrN3O. The molecule has 0 saturated carbocycles. The maximum Gasteiger partial charge on any atom is 0.165 e. The summed E-state index contributed by atoms with van der Waals surface area (Å²) in [6, 6.07) is 7.71. The standard InChI is InChI=1S/C11H12BrN3O/c1-13-8-15-7-9(6-14-15)16-11-5-3-2-4-10(11)12/h2-7,13H,8H2,1H3. The fraction of sp³-hybridized carbons (Fsp3) is 0.182. The zero-order chi connectivity index (χ0) is 11.4. The van der Waals surface area contributed by atoms with Gasteiger partial charge in [-0.1, -0.05) is 12.1 Å². The van der Waals surface area contributed by atoms with Crippen LogP contribution < -0.4 is 10.1 Å². The van der Waals surface area contributed by atoms with Gasteiger partial charge in [-0.15, -0.1) is 0 Å². The minimum atomic E-state index is 0.666. The fourth-order valence-corrected chi connectivity index (χ4v) is 1.67. The Bertz CT molecular complexity index is 470. The molecule has 1 aromatic carbocycles. The third-order valence-electron chi connectivity index (χ3n) is 1.99. The highest BCUT2D eigenvalue weighted by Gasteiger charge is 2.03. The first kappa shape index (κ1) is 11.2. The van der Waals surface area contributed by atoms with Crippen molar-refractivity contribution in [2.24, 2.45) is 0 Å². The Labute approximate surface area is 102 Å². The Balaban J connectivity index is 2.11. The summed E-state index contributed by atoms with van der Waals surface area (Å²) in [4.78, 5) is 0. The lowest BCUT2D eigenvalue weighted by molar-refractivity contribution is 0.476. The molecule has 0 saturated heterocycles. The third-order valence-corrected chi connectivity index (χ3v) is 2.65. The number of benzene rings is 1. The van der Waals surface area contributed by atoms with Crippen LogP contribution in [-0.2, 0) is 6.67 Å². The van der Waals surface area contributed by atoms with E-state index >= 15 is 0 Å². The largest absolute Gasteiger partial charge is 0.453 e. The van der Waals surface area contributed by atoms with E-state index in [1.165, 1.54) is 0 Å². The Kier molecular flexibility index (Phi) is 3.58. The van der Waals surface area contributed by atoms with E-state index in [4.69, 9.17) is 4.74 Å². The first-order chi connectivity index (χ1) is 7.79. The molecule has 0 fully saturated rings. The Morgan fingerprint density at radius 1 is 1.44 bits per heavy atom. The molecular weight excluding hydrogens is 270 g/mol. The average Bonchev–Trinajstić information content (AvgIpc) is 2.70. The van der Waals surface area contributed by atoms with Gasteiger partial charge in [0, 0.05) is 0 Å². The lowest BCUT2D eigenvalue weighted by Gasteiger charge is -2.04. The molecule has 84 valence electrons. The van der Waals surface area contributed by atoms with Crippen LogP contribution in [0.3, 0.4) is 0 Å². The van der Waals surface area contributed by atoms with Crippen LogP contribution in [0.4, 0.5) is 0 Å². The fourth-order valence-electron chi connectivity index (χ4n) is 1.30. The van der Waals surface area contributed by atoms with Gasteiger partial charge in [-0.3, -0.25) is 4.68 Å². The highest BCUT2D eigenvalue weighted by molar-refractivity contribution is 9.10. The molecule has 0 aliphatic carbocycles. The number of halogens is 1. The van der Waals surface area contributed by atoms with Gasteiger partial charge in [0.2, 0.25) is 0 Å². The summed E-state index contributed by atoms with van der Waals surface area (Å²) in [5, 5.41) is 7.15. The average molecular weight is 282 g/mol. The molecule has 4 nitrogen and oxygen atoms in total. The maximum absolute atomic E-state index is 5.68. The van der Waals surface area contributed by atoms with Crippen molar-refractivity contribution >= 4 is 15.9 Å². The van der Waals surface area contributed by atoms with E-state index in [2.05, 4.69) is 26.3 Å². The lowest BCUT2D eigenvalue weighted by atomic mass is 10.3. The van der Waals surface area contributed by atoms with Crippen LogP contribution in [-0.4, -0.2) is 16.8 Å². The first-order valence-electron chi connectivity index (χ1n) is 4.89. The van der Waals surface area contributed by atoms with Crippen molar-refractivity contribution in [1.29, 1.82) is 0 Å². The summed E-state index contributed by atoms with van der Waals surface area (Å²) in [6.07, 6.45) is 3.53. The molecule has 1 heterocycles. The van der Waals surface area contributed by atoms with Gasteiger partial charge in [-0.2, -0.15) is 5.10 Å². The normalized spacial score (nSPS) is 10.4. The van der Waals surface area contributed by atoms with Crippen LogP contribution in [0.2, 0.25) is 0 Å². The van der Waals surface area contributed by atoms with Crippen LogP contribution >= 0.6 is 15.9 Å². The van der Waals surface area contributed by atoms with E-state index < -0.39 is 0 Å². The second kappa shape index (κ2) is 5.14. The third kappa shape index (κ3) is 2.62. The van der Waals surface area contributed by atoms with Gasteiger partial charge < -0.3 is 10.1 Å². The Morgan fingerprint density at radius 3 is 3.00 bits per heavy atom. The Hall–Kier alpha value is -1.33. The molecule has 16 heavy (non-hydrogen) atoms. The topological polar surface area (TPSA) is 39.1 Å². The van der Waals surface area contributed by atoms with Gasteiger partial charge in [-0.05, 0) is 35.1 Å². The molecule has 0 amide bonds. The number of para-hydroxylation sites is 1. The molecule has 0 atom stereocenters. The van der Waals surface area contributed by atoms with Crippen LogP contribution in [0.5, 0.6) is 11.5 Å². The molecule has 0 spiro atoms. The monoisotopic (exact) mass is 281 g/mol. The number of aromatic nitrogens is 2. The van der Waals surface area contributed by atoms with Gasteiger partial charge >= 0.3 is 0 Å². The maximum atomic E-state index is 5.68. The molecule has 0 bridgehead atoms. The van der Waals surface area contributed by atoms with Gasteiger partial charge in [0.05, 0.1) is 23.5 Å². The van der Waals surface area contributed by atoms with E-state index in [1.54, 1.807) is 10.9 Å². The molecule has 2 aromatic rings. The number of ether oxygens (including phenoxy) is 1. The van der Waals surface area contributed by atoms with Crippen molar-refractivity contribution in [3.05, 3.63) is 41.1 Å². The van der Waals surface area contributed by atoms with Crippen molar-refractivity contribution in [1.82, 2.24) is 15.1 Å². The summed E-state index contributed by atoms with van der Waals surface area (Å²) in [7, 11) is 1.87. The van der Waals surface area contributed by atoms with Crippen LogP contribution in [0.15, 0.2) is 41.1 Å². The molecule has 2 rings (SSSR count). The number of hydrogen-bond donors (Lipinski definition) is 1. The molecule has 0 aliphatic rings. The zero-order valence-electron chi connectivity index (χ0n) is 8.85. The van der Waals surface area contributed by atoms with Crippen LogP contribution in [0.1, 0.15) is 0 Å². The summed E-state index contributed by atoms with van der Waals surface area (Å²) in [6.45, 7) is 0.666. The van der Waals surface area contributed by atoms with Crippen LogP contribution in [0, 0.1) is 0 Å². The molecule has 5 heteroatoms. The van der Waals surface area contributed by atoms with Gasteiger partial charge in [0.25, 0.3) is 0 Å². The van der Waals surface area contributed by atoms with E-state index in [-0.39, 0.29) is 0 Å². The van der Waals surface area contributed by atoms with Crippen LogP contribution in [0.25, 0.3) is 0 Å². The second-order valence-corrected chi connectivity index (χ2v) is 4.11. The highest BCUT2D eigenvalue weighted by atomic mass is 79.9. The second-order valence-electron chi connectivity index (χ2n) is 3.26. The zero-order valence-corrected chi connectivity index (χ0v) is 10.4. The Morgan fingerprint density at radius 2 is 2.25 bits per heavy atom. The smallest absolute Gasteiger partial charge is 0.165 e. The summed E-state index contributed by atoms with van der Waals surface area (Å²) >= 11 is 3.43. The summed E-state index contributed by atoms with van der Waals surface area (Å²) in [5.74, 6) is 1.51. The van der Waals surface area contributed by atoms with E-state index in [0.717, 1.165) is 16.0 Å². The molecule has 1 aromatic heterocycles. The minimum Gasteiger partial charge on any atom is -0.453 e. The van der Waals surface area contributed by atoms with Crippen molar-refractivity contribution in [2.45, 2.75) is 6.67 Å². The highest BCUT2D eigenvalue weighted by Crippen LogP contribution is 2.28. The molecule has 0 radical (unpaired) electrons. The molecule has 0 unspecified atom stereocenters. The number of rotatable bonds is 4. The predicted octanol–water partition coefficient (Wildman–Crippen LogP) is 2.61. The van der Waals surface area contributed by atoms with Gasteiger partial charge in [-0.25, -0.2) is 0 Å². The predicted molar refractivity (Wildman–Crippen MR) is 65.5 cm³/mol. The summed E-state index contributed by atoms with van der Waals surface area (Å²) < 4.78 is 8.38. The minimum absolute atomic E-state index is 0.666. The molecule has 0 aliphatic heterocycles. The lowest BCUT2D eigenvalue weighted by Crippen LogP contribution is -2.12. The quantitative estimate of drug-likeness (QED) is 0.937. The van der Waals surface area contributed by atoms with Crippen molar-refractivity contribution in [3.63, 3.8) is 0 Å². The first-order valence-corrected chi connectivity index (χ1v) is 5.68. The van der Waals surface area contributed by atoms with Crippen molar-refractivity contribution in [3.8, 4) is 11.5 Å². The van der Waals surface area contributed by atoms with Gasteiger partial charge in [0.15, 0.2) is 5.75 Å². The van der Waals surface area contributed by atoms with E-state index in [0.29, 0.717) is 6.67 Å². The number of nitrogens with zero attached hydrogens (tertiary/aromatic N) is 2. The van der Waals surface area contributed by atoms with Gasteiger partial charge in [0.1, 0.15) is 5.75 Å². The van der Waals surface area contributed by atoms with Crippen molar-refractivity contribution in [2.75, 3.05) is 7.05 Å². The number of hydrogen-bond acceptors (Lipinski definition) is 3. The summed E-state index contributed by atoms with van der Waals surface area (Å²) in [5.41, 5.74) is 0. The van der Waals surface area contributed by atoms with E-state index in [9.17, 15) is 0 Å². The molecule has 1 N–H and O–H groups in total.